The van der Waals surface area contributed by atoms with Crippen molar-refractivity contribution < 1.29 is 18.0 Å². The zero-order valence-corrected chi connectivity index (χ0v) is 16.8. The molecule has 1 fully saturated rings. The van der Waals surface area contributed by atoms with Crippen LogP contribution < -0.4 is 11.1 Å². The van der Waals surface area contributed by atoms with Crippen LogP contribution in [-0.4, -0.2) is 54.6 Å². The Hall–Kier alpha value is -1.84. The smallest absolute Gasteiger partial charge is 0.260 e. The van der Waals surface area contributed by atoms with Gasteiger partial charge in [-0.05, 0) is 36.8 Å². The molecule has 8 nitrogen and oxygen atoms in total. The Morgan fingerprint density at radius 2 is 2.11 bits per heavy atom. The molecule has 2 heterocycles. The number of carbonyl (C=O) groups is 2. The number of pyridine rings is 1. The van der Waals surface area contributed by atoms with E-state index in [1.165, 1.54) is 12.3 Å². The van der Waals surface area contributed by atoms with Crippen LogP contribution in [0, 0.1) is 5.41 Å². The summed E-state index contributed by atoms with van der Waals surface area (Å²) in [5.41, 5.74) is 5.83. The van der Waals surface area contributed by atoms with E-state index in [9.17, 15) is 18.0 Å². The quantitative estimate of drug-likeness (QED) is 0.755. The maximum absolute atomic E-state index is 12.7. The molecule has 0 bridgehead atoms. The van der Waals surface area contributed by atoms with Gasteiger partial charge in [0.1, 0.15) is 0 Å². The maximum Gasteiger partial charge on any atom is 0.260 e. The van der Waals surface area contributed by atoms with E-state index in [4.69, 9.17) is 5.73 Å². The third kappa shape index (κ3) is 5.82. The van der Waals surface area contributed by atoms with Crippen molar-refractivity contribution in [3.05, 3.63) is 24.4 Å². The first-order valence-electron chi connectivity index (χ1n) is 9.00. The van der Waals surface area contributed by atoms with Crippen molar-refractivity contribution in [2.75, 3.05) is 13.1 Å². The highest BCUT2D eigenvalue weighted by atomic mass is 32.2. The molecular weight excluding hydrogens is 368 g/mol. The van der Waals surface area contributed by atoms with Crippen LogP contribution in [0.15, 0.2) is 29.4 Å². The Morgan fingerprint density at radius 1 is 1.41 bits per heavy atom. The summed E-state index contributed by atoms with van der Waals surface area (Å²) >= 11 is 0. The average molecular weight is 397 g/mol. The molecule has 0 radical (unpaired) electrons. The first kappa shape index (κ1) is 21.5. The molecule has 0 aromatic carbocycles. The summed E-state index contributed by atoms with van der Waals surface area (Å²) in [6.07, 6.45) is 2.71. The van der Waals surface area contributed by atoms with Crippen LogP contribution in [0.3, 0.4) is 0 Å². The van der Waals surface area contributed by atoms with Gasteiger partial charge in [0.05, 0.1) is 18.6 Å². The summed E-state index contributed by atoms with van der Waals surface area (Å²) in [6, 6.07) is 3.16. The summed E-state index contributed by atoms with van der Waals surface area (Å²) in [6.45, 7) is 5.86. The lowest BCUT2D eigenvalue weighted by atomic mass is 9.88. The second kappa shape index (κ2) is 8.45. The summed E-state index contributed by atoms with van der Waals surface area (Å²) in [5, 5.41) is 2.60. The van der Waals surface area contributed by atoms with Crippen molar-refractivity contribution in [1.82, 2.24) is 14.6 Å². The van der Waals surface area contributed by atoms with Gasteiger partial charge in [-0.25, -0.2) is 13.4 Å². The van der Waals surface area contributed by atoms with E-state index < -0.39 is 22.1 Å². The van der Waals surface area contributed by atoms with E-state index in [0.717, 1.165) is 4.31 Å². The van der Waals surface area contributed by atoms with Crippen LogP contribution in [0.1, 0.15) is 40.0 Å². The van der Waals surface area contributed by atoms with Crippen molar-refractivity contribution in [2.45, 2.75) is 57.1 Å². The molecule has 2 rings (SSSR count). The lowest BCUT2D eigenvalue weighted by Crippen LogP contribution is -2.50. The lowest BCUT2D eigenvalue weighted by Gasteiger charge is -2.24. The molecule has 0 aliphatic carbocycles. The van der Waals surface area contributed by atoms with Crippen LogP contribution in [-0.2, 0) is 19.6 Å². The third-order valence-corrected chi connectivity index (χ3v) is 6.11. The maximum atomic E-state index is 12.7. The fraction of sp³-hybridized carbons (Fsp3) is 0.611. The molecule has 1 aliphatic rings. The fourth-order valence-corrected chi connectivity index (χ4v) is 4.39. The molecule has 27 heavy (non-hydrogen) atoms. The van der Waals surface area contributed by atoms with Gasteiger partial charge in [-0.1, -0.05) is 26.8 Å². The third-order valence-electron chi connectivity index (χ3n) is 4.35. The first-order chi connectivity index (χ1) is 12.5. The summed E-state index contributed by atoms with van der Waals surface area (Å²) in [7, 11) is -3.85. The zero-order chi connectivity index (χ0) is 20.2. The molecule has 1 saturated heterocycles. The fourth-order valence-electron chi connectivity index (χ4n) is 3.02. The molecule has 2 atom stereocenters. The van der Waals surface area contributed by atoms with E-state index in [0.29, 0.717) is 19.3 Å². The van der Waals surface area contributed by atoms with E-state index in [-0.39, 0.29) is 35.2 Å². The number of hydrogen-bond donors (Lipinski definition) is 2. The van der Waals surface area contributed by atoms with Crippen molar-refractivity contribution >= 4 is 21.7 Å². The Bertz CT molecular complexity index is 774. The predicted molar refractivity (Wildman–Crippen MR) is 101 cm³/mol. The second-order valence-corrected chi connectivity index (χ2v) is 9.93. The van der Waals surface area contributed by atoms with Crippen LogP contribution in [0.2, 0.25) is 0 Å². The van der Waals surface area contributed by atoms with Crippen molar-refractivity contribution in [3.63, 3.8) is 0 Å². The Kier molecular flexibility index (Phi) is 6.72. The van der Waals surface area contributed by atoms with E-state index in [1.807, 2.05) is 20.8 Å². The van der Waals surface area contributed by atoms with Gasteiger partial charge in [0.25, 0.3) is 10.0 Å². The normalized spacial score (nSPS) is 20.7. The van der Waals surface area contributed by atoms with E-state index in [1.54, 1.807) is 12.1 Å². The van der Waals surface area contributed by atoms with Gasteiger partial charge in [-0.3, -0.25) is 9.59 Å². The topological polar surface area (TPSA) is 122 Å². The average Bonchev–Trinajstić information content (AvgIpc) is 2.76. The van der Waals surface area contributed by atoms with Gasteiger partial charge in [0.2, 0.25) is 5.91 Å². The molecule has 0 unspecified atom stereocenters. The number of amides is 1. The van der Waals surface area contributed by atoms with E-state index >= 15 is 0 Å². The van der Waals surface area contributed by atoms with Crippen molar-refractivity contribution in [1.29, 1.82) is 0 Å². The molecule has 1 aromatic heterocycles. The van der Waals surface area contributed by atoms with Gasteiger partial charge >= 0.3 is 0 Å². The van der Waals surface area contributed by atoms with Crippen LogP contribution in [0.25, 0.3) is 0 Å². The predicted octanol–water partition coefficient (Wildman–Crippen LogP) is 0.684. The Morgan fingerprint density at radius 3 is 2.70 bits per heavy atom. The minimum Gasteiger partial charge on any atom is -0.345 e. The number of ketones is 1. The Labute approximate surface area is 160 Å². The monoisotopic (exact) mass is 396 g/mol. The van der Waals surface area contributed by atoms with Crippen molar-refractivity contribution in [3.8, 4) is 0 Å². The number of nitrogens with one attached hydrogen (secondary N) is 1. The zero-order valence-electron chi connectivity index (χ0n) is 16.0. The lowest BCUT2D eigenvalue weighted by molar-refractivity contribution is -0.128. The molecule has 1 amide bonds. The summed E-state index contributed by atoms with van der Waals surface area (Å²) in [4.78, 5) is 28.8. The number of nitrogens with two attached hydrogens (primary N) is 1. The van der Waals surface area contributed by atoms with E-state index in [2.05, 4.69) is 10.3 Å². The highest BCUT2D eigenvalue weighted by molar-refractivity contribution is 7.89. The van der Waals surface area contributed by atoms with Crippen LogP contribution in [0.5, 0.6) is 0 Å². The van der Waals surface area contributed by atoms with Gasteiger partial charge in [0, 0.05) is 12.7 Å². The number of aromatic nitrogens is 1. The highest BCUT2D eigenvalue weighted by Gasteiger charge is 2.34. The molecule has 1 aromatic rings. The number of hydrogen-bond acceptors (Lipinski definition) is 6. The number of sulfonamides is 1. The molecule has 1 aliphatic heterocycles. The first-order valence-corrected chi connectivity index (χ1v) is 10.4. The SMILES string of the molecule is CC(C)(C)C[C@H](N)C(=O)N[C@@H]1CCCN(S(=O)(=O)c2ccccn2)CC1=O. The van der Waals surface area contributed by atoms with Gasteiger partial charge in [-0.2, -0.15) is 4.31 Å². The van der Waals surface area contributed by atoms with Crippen LogP contribution >= 0.6 is 0 Å². The highest BCUT2D eigenvalue weighted by Crippen LogP contribution is 2.21. The molecule has 0 spiro atoms. The number of nitrogens with zero attached hydrogens (tertiary/aromatic N) is 2. The van der Waals surface area contributed by atoms with Gasteiger partial charge in [-0.15, -0.1) is 0 Å². The van der Waals surface area contributed by atoms with Gasteiger partial charge < -0.3 is 11.1 Å². The minimum absolute atomic E-state index is 0.0903. The molecule has 150 valence electrons. The number of Topliss-reactive ketones (excluding diaryl/α,β-unsaturated/α-hetero) is 1. The summed E-state index contributed by atoms with van der Waals surface area (Å²) < 4.78 is 26.5. The second-order valence-electron chi connectivity index (χ2n) is 8.05. The molecule has 9 heteroatoms. The minimum atomic E-state index is -3.85. The van der Waals surface area contributed by atoms with Crippen molar-refractivity contribution in [2.24, 2.45) is 11.1 Å². The molecular formula is C18H28N4O4S. The number of rotatable bonds is 5. The summed E-state index contributed by atoms with van der Waals surface area (Å²) in [5.74, 6) is -0.729. The van der Waals surface area contributed by atoms with Crippen LogP contribution in [0.4, 0.5) is 0 Å². The number of carbonyl (C=O) groups excluding carboxylic acids is 2. The standard InChI is InChI=1S/C18H28N4O4S/c1-18(2,3)11-13(19)17(24)21-14-7-6-10-22(12-15(14)23)27(25,26)16-8-4-5-9-20-16/h4-5,8-9,13-14H,6-7,10-12,19H2,1-3H3,(H,21,24)/t13-,14+/m0/s1. The molecule has 0 saturated carbocycles. The van der Waals surface area contributed by atoms with Gasteiger partial charge in [0.15, 0.2) is 10.8 Å². The Balaban J connectivity index is 2.05. The molecule has 3 N–H and O–H groups in total. The largest absolute Gasteiger partial charge is 0.345 e.